The molecule has 3 nitrogen and oxygen atoms in total. The van der Waals surface area contributed by atoms with Gasteiger partial charge in [0.05, 0.1) is 4.88 Å². The number of rotatable bonds is 3. The largest absolute Gasteiger partial charge is 0.262 e. The zero-order chi connectivity index (χ0) is 10.8. The Kier molecular flexibility index (Phi) is 2.86. The summed E-state index contributed by atoms with van der Waals surface area (Å²) in [5.74, 6) is 2.20. The molecule has 15 heavy (non-hydrogen) atoms. The van der Waals surface area contributed by atoms with Crippen molar-refractivity contribution in [2.24, 2.45) is 0 Å². The highest BCUT2D eigenvalue weighted by molar-refractivity contribution is 7.13. The molecule has 0 spiro atoms. The molecule has 0 fully saturated rings. The smallest absolute Gasteiger partial charge is 0.191 e. The van der Waals surface area contributed by atoms with Crippen LogP contribution in [0, 0.1) is 0 Å². The lowest BCUT2D eigenvalue weighted by atomic mass is 10.2. The molecule has 2 rings (SSSR count). The summed E-state index contributed by atoms with van der Waals surface area (Å²) in [6, 6.07) is 2.14. The minimum atomic E-state index is 0.399. The average molecular weight is 221 g/mol. The van der Waals surface area contributed by atoms with Crippen LogP contribution in [-0.2, 0) is 6.42 Å². The lowest BCUT2D eigenvalue weighted by Gasteiger charge is -1.96. The Hall–Kier alpha value is -1.16. The van der Waals surface area contributed by atoms with Crippen molar-refractivity contribution < 1.29 is 0 Å². The normalized spacial score (nSPS) is 11.2. The summed E-state index contributed by atoms with van der Waals surface area (Å²) in [5, 5.41) is 9.35. The maximum atomic E-state index is 4.50. The van der Waals surface area contributed by atoms with E-state index in [9.17, 15) is 0 Å². The molecule has 0 aliphatic carbocycles. The Labute approximate surface area is 93.6 Å². The van der Waals surface area contributed by atoms with Gasteiger partial charge in [-0.2, -0.15) is 5.10 Å². The third-order valence-electron chi connectivity index (χ3n) is 2.38. The minimum absolute atomic E-state index is 0.399. The van der Waals surface area contributed by atoms with Crippen LogP contribution in [0.1, 0.15) is 38.1 Å². The molecule has 2 heterocycles. The second-order valence-electron chi connectivity index (χ2n) is 3.83. The van der Waals surface area contributed by atoms with E-state index in [-0.39, 0.29) is 0 Å². The molecule has 0 aliphatic rings. The van der Waals surface area contributed by atoms with Crippen molar-refractivity contribution in [1.82, 2.24) is 15.2 Å². The molecule has 2 aromatic heterocycles. The van der Waals surface area contributed by atoms with Crippen molar-refractivity contribution in [2.75, 3.05) is 0 Å². The first-order valence-corrected chi connectivity index (χ1v) is 6.09. The van der Waals surface area contributed by atoms with Gasteiger partial charge in [0.25, 0.3) is 0 Å². The fourth-order valence-electron chi connectivity index (χ4n) is 1.44. The predicted molar refractivity (Wildman–Crippen MR) is 63.2 cm³/mol. The van der Waals surface area contributed by atoms with Crippen LogP contribution in [0.25, 0.3) is 10.7 Å². The van der Waals surface area contributed by atoms with Crippen molar-refractivity contribution >= 4 is 11.3 Å². The van der Waals surface area contributed by atoms with Gasteiger partial charge in [-0.15, -0.1) is 11.3 Å². The number of aryl methyl sites for hydroxylation is 1. The highest BCUT2D eigenvalue weighted by Crippen LogP contribution is 2.27. The molecule has 0 radical (unpaired) electrons. The van der Waals surface area contributed by atoms with Gasteiger partial charge in [0.1, 0.15) is 5.82 Å². The first-order chi connectivity index (χ1) is 7.22. The molecular weight excluding hydrogens is 206 g/mol. The Bertz CT molecular complexity index is 442. The van der Waals surface area contributed by atoms with Crippen molar-refractivity contribution in [1.29, 1.82) is 0 Å². The molecular formula is C11H15N3S. The van der Waals surface area contributed by atoms with E-state index in [1.54, 1.807) is 11.3 Å². The van der Waals surface area contributed by atoms with Gasteiger partial charge in [0.2, 0.25) is 0 Å². The van der Waals surface area contributed by atoms with Gasteiger partial charge in [-0.3, -0.25) is 5.10 Å². The molecule has 0 atom stereocenters. The van der Waals surface area contributed by atoms with E-state index in [0.717, 1.165) is 18.1 Å². The second-order valence-corrected chi connectivity index (χ2v) is 4.74. The molecule has 0 saturated heterocycles. The van der Waals surface area contributed by atoms with Gasteiger partial charge < -0.3 is 0 Å². The maximum absolute atomic E-state index is 4.50. The Morgan fingerprint density at radius 1 is 1.47 bits per heavy atom. The molecule has 0 aliphatic heterocycles. The van der Waals surface area contributed by atoms with E-state index in [2.05, 4.69) is 47.4 Å². The van der Waals surface area contributed by atoms with E-state index >= 15 is 0 Å². The average Bonchev–Trinajstić information content (AvgIpc) is 2.85. The Morgan fingerprint density at radius 3 is 2.87 bits per heavy atom. The zero-order valence-corrected chi connectivity index (χ0v) is 10.1. The van der Waals surface area contributed by atoms with Crippen LogP contribution >= 0.6 is 11.3 Å². The SMILES string of the molecule is CCc1ccsc1-c1n[nH]c(C(C)C)n1. The highest BCUT2D eigenvalue weighted by atomic mass is 32.1. The standard InChI is InChI=1S/C11H15N3S/c1-4-8-5-6-15-9(8)11-12-10(7(2)3)13-14-11/h5-7H,4H2,1-3H3,(H,12,13,14). The van der Waals surface area contributed by atoms with Crippen molar-refractivity contribution in [3.63, 3.8) is 0 Å². The summed E-state index contributed by atoms with van der Waals surface area (Å²) < 4.78 is 0. The summed E-state index contributed by atoms with van der Waals surface area (Å²) in [4.78, 5) is 5.70. The number of H-pyrrole nitrogens is 1. The van der Waals surface area contributed by atoms with E-state index in [4.69, 9.17) is 0 Å². The Balaban J connectivity index is 2.37. The fraction of sp³-hybridized carbons (Fsp3) is 0.455. The summed E-state index contributed by atoms with van der Waals surface area (Å²) in [6.07, 6.45) is 1.03. The zero-order valence-electron chi connectivity index (χ0n) is 9.24. The molecule has 80 valence electrons. The number of hydrogen-bond donors (Lipinski definition) is 1. The molecule has 0 unspecified atom stereocenters. The van der Waals surface area contributed by atoms with Gasteiger partial charge >= 0.3 is 0 Å². The lowest BCUT2D eigenvalue weighted by Crippen LogP contribution is -1.89. The number of nitrogens with zero attached hydrogens (tertiary/aromatic N) is 2. The van der Waals surface area contributed by atoms with Crippen LogP contribution in [0.3, 0.4) is 0 Å². The van der Waals surface area contributed by atoms with Gasteiger partial charge in [-0.25, -0.2) is 4.98 Å². The highest BCUT2D eigenvalue weighted by Gasteiger charge is 2.12. The molecule has 2 aromatic rings. The minimum Gasteiger partial charge on any atom is -0.262 e. The lowest BCUT2D eigenvalue weighted by molar-refractivity contribution is 0.781. The van der Waals surface area contributed by atoms with Crippen LogP contribution in [0.4, 0.5) is 0 Å². The van der Waals surface area contributed by atoms with E-state index in [1.807, 2.05) is 0 Å². The maximum Gasteiger partial charge on any atom is 0.191 e. The third-order valence-corrected chi connectivity index (χ3v) is 3.33. The summed E-state index contributed by atoms with van der Waals surface area (Å²) in [7, 11) is 0. The van der Waals surface area contributed by atoms with E-state index in [1.165, 1.54) is 10.4 Å². The van der Waals surface area contributed by atoms with Crippen LogP contribution in [-0.4, -0.2) is 15.2 Å². The second kappa shape index (κ2) is 4.14. The number of thiophene rings is 1. The number of hydrogen-bond acceptors (Lipinski definition) is 3. The van der Waals surface area contributed by atoms with E-state index in [0.29, 0.717) is 5.92 Å². The summed E-state index contributed by atoms with van der Waals surface area (Å²) in [5.41, 5.74) is 1.33. The van der Waals surface area contributed by atoms with Gasteiger partial charge in [0, 0.05) is 5.92 Å². The molecule has 0 aromatic carbocycles. The quantitative estimate of drug-likeness (QED) is 0.864. The Morgan fingerprint density at radius 2 is 2.27 bits per heavy atom. The molecule has 4 heteroatoms. The summed E-state index contributed by atoms with van der Waals surface area (Å²) >= 11 is 1.71. The van der Waals surface area contributed by atoms with Crippen LogP contribution in [0.5, 0.6) is 0 Å². The van der Waals surface area contributed by atoms with Crippen LogP contribution in [0.15, 0.2) is 11.4 Å². The third kappa shape index (κ3) is 1.95. The number of nitrogens with one attached hydrogen (secondary N) is 1. The van der Waals surface area contributed by atoms with Gasteiger partial charge in [0.15, 0.2) is 5.82 Å². The topological polar surface area (TPSA) is 41.6 Å². The van der Waals surface area contributed by atoms with Crippen molar-refractivity contribution in [3.8, 4) is 10.7 Å². The number of aromatic amines is 1. The van der Waals surface area contributed by atoms with Crippen molar-refractivity contribution in [3.05, 3.63) is 22.8 Å². The van der Waals surface area contributed by atoms with Crippen LogP contribution in [0.2, 0.25) is 0 Å². The first kappa shape index (κ1) is 10.4. The summed E-state index contributed by atoms with van der Waals surface area (Å²) in [6.45, 7) is 6.38. The molecule has 1 N–H and O–H groups in total. The fourth-order valence-corrected chi connectivity index (χ4v) is 2.37. The van der Waals surface area contributed by atoms with Crippen LogP contribution < -0.4 is 0 Å². The molecule has 0 bridgehead atoms. The first-order valence-electron chi connectivity index (χ1n) is 5.21. The number of aromatic nitrogens is 3. The van der Waals surface area contributed by atoms with Gasteiger partial charge in [-0.1, -0.05) is 20.8 Å². The van der Waals surface area contributed by atoms with Crippen molar-refractivity contribution in [2.45, 2.75) is 33.1 Å². The monoisotopic (exact) mass is 221 g/mol. The van der Waals surface area contributed by atoms with E-state index < -0.39 is 0 Å². The molecule has 0 saturated carbocycles. The predicted octanol–water partition coefficient (Wildman–Crippen LogP) is 3.22. The van der Waals surface area contributed by atoms with Gasteiger partial charge in [-0.05, 0) is 23.4 Å². The molecule has 0 amide bonds.